The smallest absolute Gasteiger partial charge is 0.339 e. The second-order valence-electron chi connectivity index (χ2n) is 4.92. The maximum absolute atomic E-state index is 11.4. The molecule has 1 saturated carbocycles. The highest BCUT2D eigenvalue weighted by molar-refractivity contribution is 7.99. The van der Waals surface area contributed by atoms with E-state index in [4.69, 9.17) is 4.42 Å². The van der Waals surface area contributed by atoms with E-state index in [1.807, 2.05) is 36.0 Å². The number of carbonyl (C=O) groups is 1. The molecule has 2 aromatic rings. The van der Waals surface area contributed by atoms with Gasteiger partial charge in [-0.2, -0.15) is 11.8 Å². The van der Waals surface area contributed by atoms with Gasteiger partial charge in [-0.3, -0.25) is 0 Å². The lowest BCUT2D eigenvalue weighted by Crippen LogP contribution is -2.01. The molecule has 4 heteroatoms. The predicted octanol–water partition coefficient (Wildman–Crippen LogP) is 4.31. The number of hydrogen-bond acceptors (Lipinski definition) is 3. The molecular formula is C15H16O3S. The minimum atomic E-state index is -0.896. The van der Waals surface area contributed by atoms with Crippen LogP contribution in [0.4, 0.5) is 0 Å². The van der Waals surface area contributed by atoms with Crippen molar-refractivity contribution in [3.8, 4) is 0 Å². The molecule has 1 aromatic heterocycles. The van der Waals surface area contributed by atoms with Crippen LogP contribution in [0.25, 0.3) is 11.0 Å². The van der Waals surface area contributed by atoms with Crippen LogP contribution in [0.5, 0.6) is 0 Å². The van der Waals surface area contributed by atoms with E-state index in [0.29, 0.717) is 33.3 Å². The van der Waals surface area contributed by atoms with Gasteiger partial charge in [0.25, 0.3) is 0 Å². The summed E-state index contributed by atoms with van der Waals surface area (Å²) in [4.78, 5) is 11.4. The normalized spacial score (nSPS) is 16.2. The van der Waals surface area contributed by atoms with Gasteiger partial charge < -0.3 is 9.52 Å². The second-order valence-corrected chi connectivity index (χ2v) is 6.21. The number of thioether (sulfide) groups is 1. The van der Waals surface area contributed by atoms with Crippen LogP contribution in [0.15, 0.2) is 28.7 Å². The molecular weight excluding hydrogens is 260 g/mol. The molecule has 3 nitrogen and oxygen atoms in total. The highest BCUT2D eigenvalue weighted by Gasteiger charge is 2.22. The topological polar surface area (TPSA) is 50.4 Å². The fourth-order valence-corrected chi connectivity index (χ4v) is 3.94. The summed E-state index contributed by atoms with van der Waals surface area (Å²) in [6, 6.07) is 7.35. The molecule has 100 valence electrons. The van der Waals surface area contributed by atoms with Crippen LogP contribution in [-0.2, 0) is 5.75 Å². The van der Waals surface area contributed by atoms with Crippen molar-refractivity contribution in [3.63, 3.8) is 0 Å². The molecule has 1 heterocycles. The van der Waals surface area contributed by atoms with Crippen LogP contribution in [0.1, 0.15) is 41.8 Å². The lowest BCUT2D eigenvalue weighted by molar-refractivity contribution is 0.0697. The Morgan fingerprint density at radius 3 is 2.79 bits per heavy atom. The fourth-order valence-electron chi connectivity index (χ4n) is 2.68. The summed E-state index contributed by atoms with van der Waals surface area (Å²) >= 11 is 1.83. The molecule has 1 N–H and O–H groups in total. The van der Waals surface area contributed by atoms with Gasteiger partial charge in [0.05, 0.1) is 5.75 Å². The van der Waals surface area contributed by atoms with Gasteiger partial charge in [0.15, 0.2) is 0 Å². The zero-order chi connectivity index (χ0) is 13.2. The van der Waals surface area contributed by atoms with Crippen molar-refractivity contribution in [3.05, 3.63) is 35.6 Å². The molecule has 0 saturated heterocycles. The molecule has 1 aliphatic rings. The van der Waals surface area contributed by atoms with Gasteiger partial charge in [0, 0.05) is 10.6 Å². The Labute approximate surface area is 116 Å². The van der Waals surface area contributed by atoms with E-state index < -0.39 is 5.97 Å². The lowest BCUT2D eigenvalue weighted by Gasteiger charge is -2.07. The van der Waals surface area contributed by atoms with Crippen molar-refractivity contribution in [2.24, 2.45) is 0 Å². The molecule has 3 rings (SSSR count). The van der Waals surface area contributed by atoms with Crippen LogP contribution >= 0.6 is 11.8 Å². The van der Waals surface area contributed by atoms with E-state index >= 15 is 0 Å². The summed E-state index contributed by atoms with van der Waals surface area (Å²) in [6.45, 7) is 0. The van der Waals surface area contributed by atoms with Gasteiger partial charge in [0.1, 0.15) is 16.9 Å². The summed E-state index contributed by atoms with van der Waals surface area (Å²) in [5.74, 6) is 0.360. The fraction of sp³-hybridized carbons (Fsp3) is 0.400. The highest BCUT2D eigenvalue weighted by atomic mass is 32.2. The number of para-hydroxylation sites is 1. The Morgan fingerprint density at radius 2 is 2.05 bits per heavy atom. The maximum atomic E-state index is 11.4. The average molecular weight is 276 g/mol. The summed E-state index contributed by atoms with van der Waals surface area (Å²) in [5.41, 5.74) is 1.00. The Bertz CT molecular complexity index is 596. The molecule has 0 bridgehead atoms. The number of aromatic carboxylic acids is 1. The lowest BCUT2D eigenvalue weighted by atomic mass is 10.1. The predicted molar refractivity (Wildman–Crippen MR) is 76.7 cm³/mol. The van der Waals surface area contributed by atoms with Gasteiger partial charge in [-0.15, -0.1) is 0 Å². The number of furan rings is 1. The first-order chi connectivity index (χ1) is 9.25. The van der Waals surface area contributed by atoms with Crippen molar-refractivity contribution in [1.29, 1.82) is 0 Å². The molecule has 0 radical (unpaired) electrons. The van der Waals surface area contributed by atoms with Gasteiger partial charge in [0.2, 0.25) is 0 Å². The molecule has 0 unspecified atom stereocenters. The minimum absolute atomic E-state index is 0.334. The second kappa shape index (κ2) is 5.29. The number of fused-ring (bicyclic) bond motifs is 1. The number of carboxylic acid groups (broad SMARTS) is 1. The van der Waals surface area contributed by atoms with E-state index in [0.717, 1.165) is 0 Å². The van der Waals surface area contributed by atoms with Crippen LogP contribution in [0.3, 0.4) is 0 Å². The number of hydrogen-bond donors (Lipinski definition) is 1. The quantitative estimate of drug-likeness (QED) is 0.904. The number of carboxylic acids is 1. The number of benzene rings is 1. The van der Waals surface area contributed by atoms with Crippen molar-refractivity contribution in [2.45, 2.75) is 36.7 Å². The largest absolute Gasteiger partial charge is 0.478 e. The van der Waals surface area contributed by atoms with Crippen molar-refractivity contribution in [1.82, 2.24) is 0 Å². The van der Waals surface area contributed by atoms with Crippen LogP contribution in [-0.4, -0.2) is 16.3 Å². The molecule has 0 spiro atoms. The van der Waals surface area contributed by atoms with E-state index in [1.165, 1.54) is 25.7 Å². The van der Waals surface area contributed by atoms with E-state index in [2.05, 4.69) is 0 Å². The number of rotatable bonds is 4. The third kappa shape index (κ3) is 2.50. The molecule has 0 amide bonds. The first kappa shape index (κ1) is 12.6. The third-order valence-electron chi connectivity index (χ3n) is 3.63. The van der Waals surface area contributed by atoms with Crippen LogP contribution in [0.2, 0.25) is 0 Å². The van der Waals surface area contributed by atoms with E-state index in [1.54, 1.807) is 0 Å². The van der Waals surface area contributed by atoms with Crippen LogP contribution < -0.4 is 0 Å². The van der Waals surface area contributed by atoms with Gasteiger partial charge in [-0.05, 0) is 18.9 Å². The molecule has 0 atom stereocenters. The summed E-state index contributed by atoms with van der Waals surface area (Å²) < 4.78 is 5.72. The monoisotopic (exact) mass is 276 g/mol. The molecule has 0 aliphatic heterocycles. The zero-order valence-corrected chi connectivity index (χ0v) is 11.4. The third-order valence-corrected chi connectivity index (χ3v) is 5.01. The molecule has 1 aromatic carbocycles. The van der Waals surface area contributed by atoms with Crippen LogP contribution in [0, 0.1) is 0 Å². The minimum Gasteiger partial charge on any atom is -0.478 e. The van der Waals surface area contributed by atoms with Crippen molar-refractivity contribution >= 4 is 28.7 Å². The summed E-state index contributed by atoms with van der Waals surface area (Å²) in [7, 11) is 0. The summed E-state index contributed by atoms with van der Waals surface area (Å²) in [6.07, 6.45) is 5.08. The van der Waals surface area contributed by atoms with Gasteiger partial charge >= 0.3 is 5.97 Å². The first-order valence-corrected chi connectivity index (χ1v) is 7.66. The van der Waals surface area contributed by atoms with Gasteiger partial charge in [-0.1, -0.05) is 31.0 Å². The van der Waals surface area contributed by atoms with E-state index in [-0.39, 0.29) is 0 Å². The maximum Gasteiger partial charge on any atom is 0.339 e. The SMILES string of the molecule is O=C(O)c1c(CSC2CCCC2)oc2ccccc12. The Morgan fingerprint density at radius 1 is 1.32 bits per heavy atom. The van der Waals surface area contributed by atoms with E-state index in [9.17, 15) is 9.90 Å². The highest BCUT2D eigenvalue weighted by Crippen LogP contribution is 2.34. The molecule has 19 heavy (non-hydrogen) atoms. The molecule has 1 fully saturated rings. The first-order valence-electron chi connectivity index (χ1n) is 6.61. The Kier molecular flexibility index (Phi) is 3.51. The standard InChI is InChI=1S/C15H16O3S/c16-15(17)14-11-7-3-4-8-12(11)18-13(14)9-19-10-5-1-2-6-10/h3-4,7-8,10H,1-2,5-6,9H2,(H,16,17). The average Bonchev–Trinajstić information content (AvgIpc) is 3.03. The Balaban J connectivity index is 1.88. The van der Waals surface area contributed by atoms with Crippen molar-refractivity contribution in [2.75, 3.05) is 0 Å². The molecule has 1 aliphatic carbocycles. The Hall–Kier alpha value is -1.42. The summed E-state index contributed by atoms with van der Waals surface area (Å²) in [5, 5.41) is 10.7. The zero-order valence-electron chi connectivity index (χ0n) is 10.6. The van der Waals surface area contributed by atoms with Crippen molar-refractivity contribution < 1.29 is 14.3 Å². The van der Waals surface area contributed by atoms with Gasteiger partial charge in [-0.25, -0.2) is 4.79 Å².